The van der Waals surface area contributed by atoms with Crippen molar-refractivity contribution in [2.75, 3.05) is 0 Å². The molecule has 3 rings (SSSR count). The second-order valence-corrected chi connectivity index (χ2v) is 7.59. The molecule has 0 spiro atoms. The molecule has 0 aliphatic heterocycles. The number of ketones is 1. The maximum atomic E-state index is 12.5. The minimum Gasteiger partial charge on any atom is -0.288 e. The fraction of sp³-hybridized carbons (Fsp3) is 0.0588. The SMILES string of the molecule is Cc1ccc(S(=O)(=O)/N=C2/C=C(Br)C(=O)c3ccccc32)cc1. The highest BCUT2D eigenvalue weighted by atomic mass is 79.9. The van der Waals surface area contributed by atoms with Crippen molar-refractivity contribution in [1.82, 2.24) is 0 Å². The van der Waals surface area contributed by atoms with Gasteiger partial charge in [-0.05, 0) is 41.1 Å². The number of hydrogen-bond donors (Lipinski definition) is 0. The average Bonchev–Trinajstić information content (AvgIpc) is 2.52. The summed E-state index contributed by atoms with van der Waals surface area (Å²) in [5.41, 5.74) is 2.15. The number of sulfonamides is 1. The van der Waals surface area contributed by atoms with Crippen molar-refractivity contribution in [3.05, 3.63) is 75.8 Å². The summed E-state index contributed by atoms with van der Waals surface area (Å²) in [4.78, 5) is 12.2. The molecule has 0 fully saturated rings. The molecule has 2 aromatic rings. The lowest BCUT2D eigenvalue weighted by Crippen LogP contribution is -2.16. The minimum atomic E-state index is -3.85. The van der Waals surface area contributed by atoms with Crippen LogP contribution in [0.4, 0.5) is 0 Å². The third-order valence-corrected chi connectivity index (χ3v) is 5.36. The molecule has 0 unspecified atom stereocenters. The molecule has 2 aromatic carbocycles. The zero-order valence-corrected chi connectivity index (χ0v) is 14.6. The molecule has 0 bridgehead atoms. The number of rotatable bonds is 2. The number of allylic oxidation sites excluding steroid dienone is 2. The van der Waals surface area contributed by atoms with E-state index in [0.29, 0.717) is 11.1 Å². The molecule has 0 amide bonds. The van der Waals surface area contributed by atoms with Gasteiger partial charge in [0.1, 0.15) is 0 Å². The van der Waals surface area contributed by atoms with Crippen molar-refractivity contribution >= 4 is 37.4 Å². The van der Waals surface area contributed by atoms with Crippen molar-refractivity contribution in [2.24, 2.45) is 4.40 Å². The van der Waals surface area contributed by atoms with Gasteiger partial charge in [0, 0.05) is 11.1 Å². The third-order valence-electron chi connectivity index (χ3n) is 3.47. The van der Waals surface area contributed by atoms with E-state index < -0.39 is 10.0 Å². The Morgan fingerprint density at radius 3 is 2.22 bits per heavy atom. The third kappa shape index (κ3) is 3.04. The molecule has 0 saturated heterocycles. The number of halogens is 1. The Morgan fingerprint density at radius 1 is 0.957 bits per heavy atom. The smallest absolute Gasteiger partial charge is 0.282 e. The van der Waals surface area contributed by atoms with Gasteiger partial charge in [-0.2, -0.15) is 12.8 Å². The molecular weight excluding hydrogens is 378 g/mol. The number of fused-ring (bicyclic) bond motifs is 1. The Bertz CT molecular complexity index is 958. The highest BCUT2D eigenvalue weighted by Crippen LogP contribution is 2.26. The fourth-order valence-electron chi connectivity index (χ4n) is 2.26. The topological polar surface area (TPSA) is 63.6 Å². The second kappa shape index (κ2) is 5.86. The van der Waals surface area contributed by atoms with Crippen molar-refractivity contribution in [1.29, 1.82) is 0 Å². The minimum absolute atomic E-state index is 0.120. The monoisotopic (exact) mass is 389 g/mol. The van der Waals surface area contributed by atoms with Crippen LogP contribution in [0.25, 0.3) is 0 Å². The highest BCUT2D eigenvalue weighted by Gasteiger charge is 2.24. The standard InChI is InChI=1S/C17H12BrNO3S/c1-11-6-8-12(9-7-11)23(21,22)19-16-10-15(18)17(20)14-5-3-2-4-13(14)16/h2-10H,1H3/b19-16-. The Hall–Kier alpha value is -2.05. The normalized spacial score (nSPS) is 16.2. The summed E-state index contributed by atoms with van der Waals surface area (Å²) < 4.78 is 29.2. The van der Waals surface area contributed by atoms with Crippen LogP contribution >= 0.6 is 15.9 Å². The maximum absolute atomic E-state index is 12.5. The lowest BCUT2D eigenvalue weighted by Gasteiger charge is -2.14. The average molecular weight is 390 g/mol. The van der Waals surface area contributed by atoms with Gasteiger partial charge >= 0.3 is 0 Å². The van der Waals surface area contributed by atoms with Gasteiger partial charge in [-0.3, -0.25) is 4.79 Å². The molecule has 0 saturated carbocycles. The van der Waals surface area contributed by atoms with E-state index in [-0.39, 0.29) is 20.9 Å². The van der Waals surface area contributed by atoms with E-state index in [0.717, 1.165) is 5.56 Å². The van der Waals surface area contributed by atoms with Crippen LogP contribution in [0.5, 0.6) is 0 Å². The summed E-state index contributed by atoms with van der Waals surface area (Å²) in [6.07, 6.45) is 1.44. The number of hydrogen-bond acceptors (Lipinski definition) is 3. The number of nitrogens with zero attached hydrogens (tertiary/aromatic N) is 1. The van der Waals surface area contributed by atoms with E-state index in [9.17, 15) is 13.2 Å². The summed E-state index contributed by atoms with van der Waals surface area (Å²) in [5.74, 6) is -0.188. The van der Waals surface area contributed by atoms with Crippen molar-refractivity contribution < 1.29 is 13.2 Å². The maximum Gasteiger partial charge on any atom is 0.282 e. The number of benzene rings is 2. The molecule has 6 heteroatoms. The molecule has 0 aromatic heterocycles. The van der Waals surface area contributed by atoms with Gasteiger partial charge in [-0.15, -0.1) is 0 Å². The van der Waals surface area contributed by atoms with Crippen LogP contribution in [-0.4, -0.2) is 19.9 Å². The van der Waals surface area contributed by atoms with Crippen molar-refractivity contribution in [3.63, 3.8) is 0 Å². The molecule has 1 aliphatic carbocycles. The Balaban J connectivity index is 2.15. The lowest BCUT2D eigenvalue weighted by molar-refractivity contribution is 0.104. The molecular formula is C17H12BrNO3S. The van der Waals surface area contributed by atoms with E-state index in [2.05, 4.69) is 20.3 Å². The Labute approximate surface area is 142 Å². The van der Waals surface area contributed by atoms with E-state index in [1.807, 2.05) is 6.92 Å². The summed E-state index contributed by atoms with van der Waals surface area (Å²) in [6.45, 7) is 1.88. The first kappa shape index (κ1) is 15.8. The molecule has 4 nitrogen and oxygen atoms in total. The summed E-state index contributed by atoms with van der Waals surface area (Å²) in [6, 6.07) is 13.3. The molecule has 0 heterocycles. The number of aryl methyl sites for hydroxylation is 1. The lowest BCUT2D eigenvalue weighted by atomic mass is 9.94. The van der Waals surface area contributed by atoms with Gasteiger partial charge in [0.05, 0.1) is 15.1 Å². The first-order valence-electron chi connectivity index (χ1n) is 6.81. The number of carbonyl (C=O) groups excluding carboxylic acids is 1. The highest BCUT2D eigenvalue weighted by molar-refractivity contribution is 9.12. The zero-order chi connectivity index (χ0) is 16.6. The first-order valence-corrected chi connectivity index (χ1v) is 9.05. The van der Waals surface area contributed by atoms with E-state index in [4.69, 9.17) is 0 Å². The first-order chi connectivity index (χ1) is 10.9. The van der Waals surface area contributed by atoms with E-state index in [1.54, 1.807) is 36.4 Å². The molecule has 116 valence electrons. The van der Waals surface area contributed by atoms with Gasteiger partial charge in [-0.1, -0.05) is 42.0 Å². The number of carbonyl (C=O) groups is 1. The van der Waals surface area contributed by atoms with Crippen LogP contribution in [0.1, 0.15) is 21.5 Å². The summed E-state index contributed by atoms with van der Waals surface area (Å²) in [7, 11) is -3.85. The van der Waals surface area contributed by atoms with Gasteiger partial charge in [0.25, 0.3) is 10.0 Å². The summed E-state index contributed by atoms with van der Waals surface area (Å²) >= 11 is 3.17. The predicted octanol–water partition coefficient (Wildman–Crippen LogP) is 3.65. The van der Waals surface area contributed by atoms with Gasteiger partial charge < -0.3 is 0 Å². The Morgan fingerprint density at radius 2 is 1.57 bits per heavy atom. The van der Waals surface area contributed by atoms with Gasteiger partial charge in [0.2, 0.25) is 5.78 Å². The molecule has 0 N–H and O–H groups in total. The molecule has 23 heavy (non-hydrogen) atoms. The van der Waals surface area contributed by atoms with E-state index >= 15 is 0 Å². The largest absolute Gasteiger partial charge is 0.288 e. The van der Waals surface area contributed by atoms with Gasteiger partial charge in [0.15, 0.2) is 0 Å². The van der Waals surface area contributed by atoms with Crippen LogP contribution in [0, 0.1) is 6.92 Å². The molecule has 0 atom stereocenters. The van der Waals surface area contributed by atoms with Gasteiger partial charge in [-0.25, -0.2) is 0 Å². The fourth-order valence-corrected chi connectivity index (χ4v) is 3.69. The van der Waals surface area contributed by atoms with E-state index in [1.165, 1.54) is 18.2 Å². The van der Waals surface area contributed by atoms with Crippen molar-refractivity contribution in [2.45, 2.75) is 11.8 Å². The number of Topliss-reactive ketones (excluding diaryl/α,β-unsaturated/α-hetero) is 1. The quantitative estimate of drug-likeness (QED) is 0.787. The zero-order valence-electron chi connectivity index (χ0n) is 12.2. The Kier molecular flexibility index (Phi) is 4.04. The van der Waals surface area contributed by atoms with Crippen LogP contribution in [-0.2, 0) is 10.0 Å². The van der Waals surface area contributed by atoms with Crippen molar-refractivity contribution in [3.8, 4) is 0 Å². The predicted molar refractivity (Wildman–Crippen MR) is 92.7 cm³/mol. The van der Waals surface area contributed by atoms with Crippen LogP contribution < -0.4 is 0 Å². The van der Waals surface area contributed by atoms with Crippen LogP contribution in [0.3, 0.4) is 0 Å². The molecule has 0 radical (unpaired) electrons. The van der Waals surface area contributed by atoms with Crippen LogP contribution in [0.2, 0.25) is 0 Å². The second-order valence-electron chi connectivity index (χ2n) is 5.13. The molecule has 1 aliphatic rings. The summed E-state index contributed by atoms with van der Waals surface area (Å²) in [5, 5.41) is 0. The van der Waals surface area contributed by atoms with Crippen LogP contribution in [0.15, 0.2) is 68.4 Å².